The van der Waals surface area contributed by atoms with Gasteiger partial charge in [-0.15, -0.1) is 0 Å². The molecule has 1 aromatic rings. The molecule has 0 spiro atoms. The van der Waals surface area contributed by atoms with Crippen LogP contribution in [0.2, 0.25) is 0 Å². The van der Waals surface area contributed by atoms with E-state index in [9.17, 15) is 9.59 Å². The zero-order valence-electron chi connectivity index (χ0n) is 11.6. The molecule has 1 aliphatic rings. The van der Waals surface area contributed by atoms with Crippen LogP contribution in [0.1, 0.15) is 47.0 Å². The van der Waals surface area contributed by atoms with Crippen molar-refractivity contribution >= 4 is 17.8 Å². The van der Waals surface area contributed by atoms with E-state index in [1.54, 1.807) is 13.0 Å². The van der Waals surface area contributed by atoms with Gasteiger partial charge in [-0.3, -0.25) is 0 Å². The molecule has 1 aromatic heterocycles. The summed E-state index contributed by atoms with van der Waals surface area (Å²) in [6, 6.07) is 3.33. The number of esters is 2. The third-order valence-corrected chi connectivity index (χ3v) is 3.19. The van der Waals surface area contributed by atoms with Crippen LogP contribution in [-0.2, 0) is 9.47 Å². The van der Waals surface area contributed by atoms with Gasteiger partial charge >= 0.3 is 11.9 Å². The summed E-state index contributed by atoms with van der Waals surface area (Å²) in [5, 5.41) is 3.21. The predicted octanol–water partition coefficient (Wildman–Crippen LogP) is 2.01. The average Bonchev–Trinajstić information content (AvgIpc) is 2.42. The molecule has 1 aliphatic carbocycles. The van der Waals surface area contributed by atoms with E-state index in [4.69, 9.17) is 4.74 Å². The number of rotatable bonds is 5. The standard InChI is InChI=1S/C14H18N2O4/c1-3-20-14(18)11-7-9(13(17)19-2)8-12(16-11)15-10-5-4-6-10/h7-8,10H,3-6H2,1-2H3,(H,15,16). The Bertz CT molecular complexity index is 512. The normalized spacial score (nSPS) is 14.3. The second-order valence-corrected chi connectivity index (χ2v) is 4.61. The maximum absolute atomic E-state index is 11.8. The Morgan fingerprint density at radius 2 is 2.10 bits per heavy atom. The van der Waals surface area contributed by atoms with E-state index in [-0.39, 0.29) is 17.9 Å². The Labute approximate surface area is 117 Å². The van der Waals surface area contributed by atoms with Crippen LogP contribution in [0, 0.1) is 0 Å². The Morgan fingerprint density at radius 3 is 2.65 bits per heavy atom. The summed E-state index contributed by atoms with van der Waals surface area (Å²) in [6.45, 7) is 1.98. The molecule has 1 heterocycles. The molecule has 6 nitrogen and oxygen atoms in total. The predicted molar refractivity (Wildman–Crippen MR) is 72.8 cm³/mol. The molecule has 0 saturated heterocycles. The molecule has 0 amide bonds. The van der Waals surface area contributed by atoms with Gasteiger partial charge in [-0.1, -0.05) is 0 Å². The first-order valence-electron chi connectivity index (χ1n) is 6.68. The zero-order chi connectivity index (χ0) is 14.5. The third kappa shape index (κ3) is 3.26. The van der Waals surface area contributed by atoms with E-state index in [1.165, 1.54) is 19.6 Å². The number of pyridine rings is 1. The van der Waals surface area contributed by atoms with E-state index < -0.39 is 11.9 Å². The fraction of sp³-hybridized carbons (Fsp3) is 0.500. The molecule has 0 aliphatic heterocycles. The summed E-state index contributed by atoms with van der Waals surface area (Å²) in [6.07, 6.45) is 3.32. The molecule has 108 valence electrons. The van der Waals surface area contributed by atoms with Crippen LogP contribution in [0.25, 0.3) is 0 Å². The van der Waals surface area contributed by atoms with Crippen LogP contribution in [0.3, 0.4) is 0 Å². The molecule has 20 heavy (non-hydrogen) atoms. The number of aromatic nitrogens is 1. The molecule has 1 N–H and O–H groups in total. The van der Waals surface area contributed by atoms with Gasteiger partial charge in [-0.05, 0) is 38.3 Å². The Balaban J connectivity index is 2.27. The summed E-state index contributed by atoms with van der Waals surface area (Å²) in [5.41, 5.74) is 0.393. The van der Waals surface area contributed by atoms with E-state index in [0.29, 0.717) is 11.9 Å². The highest BCUT2D eigenvalue weighted by atomic mass is 16.5. The van der Waals surface area contributed by atoms with Crippen molar-refractivity contribution in [2.75, 3.05) is 19.0 Å². The van der Waals surface area contributed by atoms with Crippen LogP contribution >= 0.6 is 0 Å². The van der Waals surface area contributed by atoms with Gasteiger partial charge in [0.15, 0.2) is 5.69 Å². The summed E-state index contributed by atoms with van der Waals surface area (Å²) >= 11 is 0. The number of nitrogens with zero attached hydrogens (tertiary/aromatic N) is 1. The van der Waals surface area contributed by atoms with Crippen molar-refractivity contribution in [1.82, 2.24) is 4.98 Å². The number of ether oxygens (including phenoxy) is 2. The molecule has 1 fully saturated rings. The molecular weight excluding hydrogens is 260 g/mol. The first kappa shape index (κ1) is 14.3. The largest absolute Gasteiger partial charge is 0.465 e. The maximum atomic E-state index is 11.8. The first-order valence-corrected chi connectivity index (χ1v) is 6.68. The molecule has 1 saturated carbocycles. The second-order valence-electron chi connectivity index (χ2n) is 4.61. The third-order valence-electron chi connectivity index (χ3n) is 3.19. The van der Waals surface area contributed by atoms with Gasteiger partial charge in [0.25, 0.3) is 0 Å². The SMILES string of the molecule is CCOC(=O)c1cc(C(=O)OC)cc(NC2CCC2)n1. The highest BCUT2D eigenvalue weighted by Crippen LogP contribution is 2.23. The molecule has 0 aromatic carbocycles. The molecule has 0 bridgehead atoms. The second kappa shape index (κ2) is 6.36. The average molecular weight is 278 g/mol. The topological polar surface area (TPSA) is 77.5 Å². The van der Waals surface area contributed by atoms with Crippen molar-refractivity contribution in [3.63, 3.8) is 0 Å². The summed E-state index contributed by atoms with van der Waals surface area (Å²) in [4.78, 5) is 27.6. The van der Waals surface area contributed by atoms with Crippen molar-refractivity contribution in [3.05, 3.63) is 23.4 Å². The van der Waals surface area contributed by atoms with E-state index in [2.05, 4.69) is 15.0 Å². The molecule has 0 radical (unpaired) electrons. The van der Waals surface area contributed by atoms with Crippen molar-refractivity contribution < 1.29 is 19.1 Å². The number of carbonyl (C=O) groups excluding carboxylic acids is 2. The Kier molecular flexibility index (Phi) is 4.55. The summed E-state index contributed by atoms with van der Waals surface area (Å²) in [5.74, 6) is -0.551. The quantitative estimate of drug-likeness (QED) is 0.830. The monoisotopic (exact) mass is 278 g/mol. The molecule has 0 atom stereocenters. The lowest BCUT2D eigenvalue weighted by Gasteiger charge is -2.27. The fourth-order valence-corrected chi connectivity index (χ4v) is 1.91. The van der Waals surface area contributed by atoms with E-state index >= 15 is 0 Å². The smallest absolute Gasteiger partial charge is 0.357 e. The van der Waals surface area contributed by atoms with Crippen LogP contribution < -0.4 is 5.32 Å². The van der Waals surface area contributed by atoms with Gasteiger partial charge in [0.05, 0.1) is 19.3 Å². The highest BCUT2D eigenvalue weighted by Gasteiger charge is 2.20. The zero-order valence-corrected chi connectivity index (χ0v) is 11.6. The number of nitrogens with one attached hydrogen (secondary N) is 1. The molecule has 2 rings (SSSR count). The number of methoxy groups -OCH3 is 1. The minimum absolute atomic E-state index is 0.108. The van der Waals surface area contributed by atoms with Crippen molar-refractivity contribution in [2.24, 2.45) is 0 Å². The van der Waals surface area contributed by atoms with Crippen molar-refractivity contribution in [3.8, 4) is 0 Å². The van der Waals surface area contributed by atoms with E-state index in [1.807, 2.05) is 0 Å². The van der Waals surface area contributed by atoms with E-state index in [0.717, 1.165) is 12.8 Å². The van der Waals surface area contributed by atoms with Gasteiger partial charge in [0, 0.05) is 6.04 Å². The fourth-order valence-electron chi connectivity index (χ4n) is 1.91. The number of hydrogen-bond acceptors (Lipinski definition) is 6. The first-order chi connectivity index (χ1) is 9.63. The van der Waals surface area contributed by atoms with Crippen LogP contribution in [-0.4, -0.2) is 36.7 Å². The molecule has 6 heteroatoms. The summed E-state index contributed by atoms with van der Waals surface area (Å²) < 4.78 is 9.60. The summed E-state index contributed by atoms with van der Waals surface area (Å²) in [7, 11) is 1.30. The lowest BCUT2D eigenvalue weighted by molar-refractivity contribution is 0.0519. The van der Waals surface area contributed by atoms with Gasteiger partial charge in [0.1, 0.15) is 5.82 Å². The lowest BCUT2D eigenvalue weighted by Crippen LogP contribution is -2.28. The number of carbonyl (C=O) groups is 2. The Hall–Kier alpha value is -2.11. The van der Waals surface area contributed by atoms with Gasteiger partial charge in [0.2, 0.25) is 0 Å². The van der Waals surface area contributed by atoms with Gasteiger partial charge in [-0.2, -0.15) is 0 Å². The molecular formula is C14H18N2O4. The van der Waals surface area contributed by atoms with Crippen LogP contribution in [0.4, 0.5) is 5.82 Å². The van der Waals surface area contributed by atoms with Crippen LogP contribution in [0.15, 0.2) is 12.1 Å². The Morgan fingerprint density at radius 1 is 1.35 bits per heavy atom. The lowest BCUT2D eigenvalue weighted by atomic mass is 9.93. The highest BCUT2D eigenvalue weighted by molar-refractivity contribution is 5.95. The number of hydrogen-bond donors (Lipinski definition) is 1. The number of anilines is 1. The minimum Gasteiger partial charge on any atom is -0.465 e. The van der Waals surface area contributed by atoms with Crippen molar-refractivity contribution in [2.45, 2.75) is 32.2 Å². The maximum Gasteiger partial charge on any atom is 0.357 e. The van der Waals surface area contributed by atoms with Gasteiger partial charge in [-0.25, -0.2) is 14.6 Å². The minimum atomic E-state index is -0.546. The van der Waals surface area contributed by atoms with Gasteiger partial charge < -0.3 is 14.8 Å². The van der Waals surface area contributed by atoms with Crippen molar-refractivity contribution in [1.29, 1.82) is 0 Å². The molecule has 0 unspecified atom stereocenters. The van der Waals surface area contributed by atoms with Crippen LogP contribution in [0.5, 0.6) is 0 Å².